The first kappa shape index (κ1) is 9.06. The lowest BCUT2D eigenvalue weighted by Gasteiger charge is -2.00. The summed E-state index contributed by atoms with van der Waals surface area (Å²) in [5, 5.41) is 1.62. The van der Waals surface area contributed by atoms with Crippen LogP contribution >= 0.6 is 11.8 Å². The SMILES string of the molecule is C=CSc1c(C)nc(C)[nH]c1=O. The van der Waals surface area contributed by atoms with Crippen LogP contribution in [-0.4, -0.2) is 9.97 Å². The summed E-state index contributed by atoms with van der Waals surface area (Å²) in [5.74, 6) is 0.644. The average Bonchev–Trinajstić information content (AvgIpc) is 1.96. The number of aryl methyl sites for hydroxylation is 2. The highest BCUT2D eigenvalue weighted by atomic mass is 32.2. The molecule has 0 aliphatic heterocycles. The van der Waals surface area contributed by atoms with Crippen LogP contribution in [0.5, 0.6) is 0 Å². The van der Waals surface area contributed by atoms with Gasteiger partial charge >= 0.3 is 0 Å². The van der Waals surface area contributed by atoms with Gasteiger partial charge in [-0.3, -0.25) is 4.79 Å². The number of aromatic nitrogens is 2. The maximum Gasteiger partial charge on any atom is 0.265 e. The van der Waals surface area contributed by atoms with Gasteiger partial charge in [0.1, 0.15) is 5.82 Å². The van der Waals surface area contributed by atoms with Gasteiger partial charge in [0.2, 0.25) is 0 Å². The van der Waals surface area contributed by atoms with Gasteiger partial charge in [0.25, 0.3) is 5.56 Å². The van der Waals surface area contributed by atoms with E-state index in [2.05, 4.69) is 16.5 Å². The first-order valence-corrected chi connectivity index (χ1v) is 4.38. The quantitative estimate of drug-likeness (QED) is 0.707. The van der Waals surface area contributed by atoms with Gasteiger partial charge in [0.05, 0.1) is 10.6 Å². The van der Waals surface area contributed by atoms with Crippen molar-refractivity contribution in [2.75, 3.05) is 0 Å². The van der Waals surface area contributed by atoms with Crippen molar-refractivity contribution >= 4 is 11.8 Å². The number of hydrogen-bond acceptors (Lipinski definition) is 3. The summed E-state index contributed by atoms with van der Waals surface area (Å²) in [6.45, 7) is 7.12. The van der Waals surface area contributed by atoms with Gasteiger partial charge in [-0.1, -0.05) is 18.3 Å². The minimum Gasteiger partial charge on any atom is -0.310 e. The summed E-state index contributed by atoms with van der Waals surface area (Å²) in [4.78, 5) is 18.7. The van der Waals surface area contributed by atoms with E-state index >= 15 is 0 Å². The molecule has 1 aromatic heterocycles. The van der Waals surface area contributed by atoms with Gasteiger partial charge in [0.15, 0.2) is 0 Å². The zero-order valence-corrected chi connectivity index (χ0v) is 7.86. The molecule has 12 heavy (non-hydrogen) atoms. The predicted molar refractivity (Wildman–Crippen MR) is 50.4 cm³/mol. The van der Waals surface area contributed by atoms with Crippen LogP contribution in [0.25, 0.3) is 0 Å². The molecule has 64 valence electrons. The standard InChI is InChI=1S/C8H10N2OS/c1-4-12-7-5(2)9-6(3)10-8(7)11/h4H,1H2,2-3H3,(H,9,10,11). The van der Waals surface area contributed by atoms with Crippen LogP contribution in [0, 0.1) is 13.8 Å². The summed E-state index contributed by atoms with van der Waals surface area (Å²) in [6, 6.07) is 0. The molecule has 1 heterocycles. The fourth-order valence-corrected chi connectivity index (χ4v) is 1.48. The van der Waals surface area contributed by atoms with Crippen LogP contribution in [0.2, 0.25) is 0 Å². The summed E-state index contributed by atoms with van der Waals surface area (Å²) in [5.41, 5.74) is 0.658. The van der Waals surface area contributed by atoms with E-state index in [1.807, 2.05) is 6.92 Å². The first-order chi connectivity index (χ1) is 5.65. The minimum atomic E-state index is -0.0927. The Kier molecular flexibility index (Phi) is 2.70. The van der Waals surface area contributed by atoms with Crippen molar-refractivity contribution in [3.63, 3.8) is 0 Å². The first-order valence-electron chi connectivity index (χ1n) is 3.50. The molecular formula is C8H10N2OS. The van der Waals surface area contributed by atoms with E-state index in [0.717, 1.165) is 5.69 Å². The summed E-state index contributed by atoms with van der Waals surface area (Å²) in [7, 11) is 0. The third kappa shape index (κ3) is 1.76. The Morgan fingerprint density at radius 2 is 2.25 bits per heavy atom. The molecule has 0 spiro atoms. The molecule has 0 bridgehead atoms. The highest BCUT2D eigenvalue weighted by Crippen LogP contribution is 2.15. The van der Waals surface area contributed by atoms with Crippen LogP contribution in [0.3, 0.4) is 0 Å². The normalized spacial score (nSPS) is 9.83. The number of aromatic amines is 1. The second-order valence-electron chi connectivity index (χ2n) is 2.35. The van der Waals surface area contributed by atoms with Crippen molar-refractivity contribution in [2.45, 2.75) is 18.7 Å². The van der Waals surface area contributed by atoms with Gasteiger partial charge in [-0.15, -0.1) is 0 Å². The molecule has 0 saturated carbocycles. The smallest absolute Gasteiger partial charge is 0.265 e. The molecule has 0 radical (unpaired) electrons. The third-order valence-electron chi connectivity index (χ3n) is 1.37. The van der Waals surface area contributed by atoms with Crippen molar-refractivity contribution < 1.29 is 0 Å². The molecule has 0 atom stereocenters. The van der Waals surface area contributed by atoms with Gasteiger partial charge in [0, 0.05) is 0 Å². The highest BCUT2D eigenvalue weighted by molar-refractivity contribution is 8.02. The second kappa shape index (κ2) is 3.58. The molecular weight excluding hydrogens is 172 g/mol. The van der Waals surface area contributed by atoms with Crippen molar-refractivity contribution in [1.82, 2.24) is 9.97 Å². The zero-order chi connectivity index (χ0) is 9.14. The van der Waals surface area contributed by atoms with Crippen molar-refractivity contribution in [3.8, 4) is 0 Å². The number of thioether (sulfide) groups is 1. The third-order valence-corrected chi connectivity index (χ3v) is 2.25. The minimum absolute atomic E-state index is 0.0927. The van der Waals surface area contributed by atoms with E-state index in [9.17, 15) is 4.79 Å². The van der Waals surface area contributed by atoms with E-state index < -0.39 is 0 Å². The van der Waals surface area contributed by atoms with Gasteiger partial charge < -0.3 is 4.98 Å². The Balaban J connectivity index is 3.28. The largest absolute Gasteiger partial charge is 0.310 e. The lowest BCUT2D eigenvalue weighted by Crippen LogP contribution is -2.13. The molecule has 4 heteroatoms. The molecule has 3 nitrogen and oxygen atoms in total. The molecule has 0 amide bonds. The predicted octanol–water partition coefficient (Wildman–Crippen LogP) is 1.62. The second-order valence-corrected chi connectivity index (χ2v) is 3.33. The van der Waals surface area contributed by atoms with Crippen LogP contribution in [0.1, 0.15) is 11.5 Å². The van der Waals surface area contributed by atoms with E-state index in [-0.39, 0.29) is 5.56 Å². The number of hydrogen-bond donors (Lipinski definition) is 1. The molecule has 0 aliphatic carbocycles. The van der Waals surface area contributed by atoms with Gasteiger partial charge in [-0.2, -0.15) is 0 Å². The summed E-state index contributed by atoms with van der Waals surface area (Å²) < 4.78 is 0. The molecule has 1 N–H and O–H groups in total. The lowest BCUT2D eigenvalue weighted by molar-refractivity contribution is 0.923. The maximum atomic E-state index is 11.3. The van der Waals surface area contributed by atoms with Gasteiger partial charge in [-0.25, -0.2) is 4.98 Å². The number of rotatable bonds is 2. The molecule has 0 fully saturated rings. The Labute approximate surface area is 74.9 Å². The van der Waals surface area contributed by atoms with Crippen LogP contribution in [-0.2, 0) is 0 Å². The van der Waals surface area contributed by atoms with E-state index in [4.69, 9.17) is 0 Å². The Bertz CT molecular complexity index is 357. The maximum absolute atomic E-state index is 11.3. The topological polar surface area (TPSA) is 45.8 Å². The average molecular weight is 182 g/mol. The van der Waals surface area contributed by atoms with E-state index in [0.29, 0.717) is 10.7 Å². The van der Waals surface area contributed by atoms with Crippen molar-refractivity contribution in [3.05, 3.63) is 33.9 Å². The number of H-pyrrole nitrogens is 1. The molecule has 0 aromatic carbocycles. The lowest BCUT2D eigenvalue weighted by atomic mass is 10.4. The van der Waals surface area contributed by atoms with Gasteiger partial charge in [-0.05, 0) is 19.3 Å². The van der Waals surface area contributed by atoms with Crippen LogP contribution in [0.4, 0.5) is 0 Å². The molecule has 0 unspecified atom stereocenters. The summed E-state index contributed by atoms with van der Waals surface area (Å²) in [6.07, 6.45) is 0. The van der Waals surface area contributed by atoms with Crippen LogP contribution in [0.15, 0.2) is 21.7 Å². The molecule has 0 aliphatic rings. The van der Waals surface area contributed by atoms with E-state index in [1.54, 1.807) is 12.3 Å². The van der Waals surface area contributed by atoms with Crippen LogP contribution < -0.4 is 5.56 Å². The van der Waals surface area contributed by atoms with E-state index in [1.165, 1.54) is 11.8 Å². The Hall–Kier alpha value is -1.03. The highest BCUT2D eigenvalue weighted by Gasteiger charge is 2.04. The number of nitrogens with zero attached hydrogens (tertiary/aromatic N) is 1. The Morgan fingerprint density at radius 3 is 2.75 bits per heavy atom. The van der Waals surface area contributed by atoms with Crippen molar-refractivity contribution in [2.24, 2.45) is 0 Å². The summed E-state index contributed by atoms with van der Waals surface area (Å²) >= 11 is 1.29. The van der Waals surface area contributed by atoms with Crippen molar-refractivity contribution in [1.29, 1.82) is 0 Å². The molecule has 0 saturated heterocycles. The zero-order valence-electron chi connectivity index (χ0n) is 7.05. The monoisotopic (exact) mass is 182 g/mol. The fourth-order valence-electron chi connectivity index (χ4n) is 0.938. The number of nitrogens with one attached hydrogen (secondary N) is 1. The molecule has 1 rings (SSSR count). The molecule has 1 aromatic rings. The Morgan fingerprint density at radius 1 is 1.58 bits per heavy atom. The fraction of sp³-hybridized carbons (Fsp3) is 0.250.